The molecule has 1 fully saturated rings. The summed E-state index contributed by atoms with van der Waals surface area (Å²) in [5, 5.41) is 11.1. The quantitative estimate of drug-likeness (QED) is 0.640. The van der Waals surface area contributed by atoms with E-state index in [1.165, 1.54) is 13.2 Å². The highest BCUT2D eigenvalue weighted by Gasteiger charge is 2.25. The van der Waals surface area contributed by atoms with Gasteiger partial charge in [-0.15, -0.1) is 0 Å². The standard InChI is InChI=1S/C12H17N3O4/c1-18-9-2-3-11(15(16)17)12(6-9)14-4-5-19-10(7-13)8-14/h2-3,6,10H,4-5,7-8,13H2,1H3. The predicted octanol–water partition coefficient (Wildman–Crippen LogP) is 0.767. The predicted molar refractivity (Wildman–Crippen MR) is 70.7 cm³/mol. The summed E-state index contributed by atoms with van der Waals surface area (Å²) in [6.45, 7) is 2.06. The second kappa shape index (κ2) is 5.85. The topological polar surface area (TPSA) is 90.9 Å². The van der Waals surface area contributed by atoms with Gasteiger partial charge in [0.15, 0.2) is 0 Å². The lowest BCUT2D eigenvalue weighted by Crippen LogP contribution is -2.45. The van der Waals surface area contributed by atoms with E-state index in [1.54, 1.807) is 12.1 Å². The van der Waals surface area contributed by atoms with Gasteiger partial charge in [-0.25, -0.2) is 0 Å². The molecule has 0 spiro atoms. The summed E-state index contributed by atoms with van der Waals surface area (Å²) < 4.78 is 10.6. The van der Waals surface area contributed by atoms with Crippen LogP contribution in [-0.2, 0) is 4.74 Å². The second-order valence-corrected chi connectivity index (χ2v) is 4.29. The monoisotopic (exact) mass is 267 g/mol. The molecule has 7 nitrogen and oxygen atoms in total. The number of rotatable bonds is 4. The van der Waals surface area contributed by atoms with Gasteiger partial charge >= 0.3 is 0 Å². The SMILES string of the molecule is COc1ccc([N+](=O)[O-])c(N2CCOC(CN)C2)c1. The number of nitrogens with zero attached hydrogens (tertiary/aromatic N) is 2. The summed E-state index contributed by atoms with van der Waals surface area (Å²) in [7, 11) is 1.53. The van der Waals surface area contributed by atoms with Crippen molar-refractivity contribution in [1.82, 2.24) is 0 Å². The molecule has 0 aliphatic carbocycles. The Labute approximate surface area is 111 Å². The molecule has 1 aliphatic rings. The fourth-order valence-electron chi connectivity index (χ4n) is 2.12. The van der Waals surface area contributed by atoms with Gasteiger partial charge in [0.25, 0.3) is 5.69 Å². The van der Waals surface area contributed by atoms with Crippen molar-refractivity contribution in [2.75, 3.05) is 38.3 Å². The van der Waals surface area contributed by atoms with Crippen LogP contribution in [0.2, 0.25) is 0 Å². The Morgan fingerprint density at radius 2 is 2.42 bits per heavy atom. The molecule has 1 unspecified atom stereocenters. The minimum atomic E-state index is -0.387. The van der Waals surface area contributed by atoms with Gasteiger partial charge in [-0.2, -0.15) is 0 Å². The van der Waals surface area contributed by atoms with Gasteiger partial charge in [0, 0.05) is 31.8 Å². The molecular formula is C12H17N3O4. The molecule has 1 heterocycles. The zero-order chi connectivity index (χ0) is 13.8. The Balaban J connectivity index is 2.32. The summed E-state index contributed by atoms with van der Waals surface area (Å²) in [4.78, 5) is 12.6. The number of morpholine rings is 1. The molecule has 1 aliphatic heterocycles. The fraction of sp³-hybridized carbons (Fsp3) is 0.500. The van der Waals surface area contributed by atoms with Crippen molar-refractivity contribution < 1.29 is 14.4 Å². The molecule has 0 saturated carbocycles. The van der Waals surface area contributed by atoms with Crippen molar-refractivity contribution in [2.24, 2.45) is 5.73 Å². The van der Waals surface area contributed by atoms with Crippen LogP contribution in [0.4, 0.5) is 11.4 Å². The van der Waals surface area contributed by atoms with E-state index in [0.717, 1.165) is 0 Å². The molecule has 1 saturated heterocycles. The number of nitro groups is 1. The van der Waals surface area contributed by atoms with Crippen LogP contribution >= 0.6 is 0 Å². The van der Waals surface area contributed by atoms with Crippen LogP contribution in [-0.4, -0.2) is 44.4 Å². The lowest BCUT2D eigenvalue weighted by molar-refractivity contribution is -0.384. The maximum absolute atomic E-state index is 11.1. The third kappa shape index (κ3) is 2.94. The molecule has 1 aromatic carbocycles. The van der Waals surface area contributed by atoms with Gasteiger partial charge in [0.05, 0.1) is 24.7 Å². The molecule has 0 bridgehead atoms. The van der Waals surface area contributed by atoms with Gasteiger partial charge < -0.3 is 20.1 Å². The Kier molecular flexibility index (Phi) is 4.18. The third-order valence-electron chi connectivity index (χ3n) is 3.12. The van der Waals surface area contributed by atoms with Crippen molar-refractivity contribution in [3.8, 4) is 5.75 Å². The number of methoxy groups -OCH3 is 1. The van der Waals surface area contributed by atoms with Crippen LogP contribution in [0.5, 0.6) is 5.75 Å². The van der Waals surface area contributed by atoms with Crippen LogP contribution in [0.25, 0.3) is 0 Å². The summed E-state index contributed by atoms with van der Waals surface area (Å²) in [5.41, 5.74) is 6.20. The lowest BCUT2D eigenvalue weighted by atomic mass is 10.2. The average Bonchev–Trinajstić information content (AvgIpc) is 2.46. The van der Waals surface area contributed by atoms with Crippen LogP contribution < -0.4 is 15.4 Å². The van der Waals surface area contributed by atoms with E-state index in [4.69, 9.17) is 15.2 Å². The summed E-state index contributed by atoms with van der Waals surface area (Å²) in [6, 6.07) is 4.72. The number of hydrogen-bond donors (Lipinski definition) is 1. The molecule has 0 aromatic heterocycles. The molecule has 19 heavy (non-hydrogen) atoms. The summed E-state index contributed by atoms with van der Waals surface area (Å²) in [6.07, 6.45) is -0.0976. The zero-order valence-electron chi connectivity index (χ0n) is 10.7. The maximum atomic E-state index is 11.1. The maximum Gasteiger partial charge on any atom is 0.292 e. The molecule has 7 heteroatoms. The minimum Gasteiger partial charge on any atom is -0.497 e. The van der Waals surface area contributed by atoms with E-state index in [1.807, 2.05) is 4.90 Å². The Morgan fingerprint density at radius 1 is 1.63 bits per heavy atom. The average molecular weight is 267 g/mol. The van der Waals surface area contributed by atoms with E-state index in [-0.39, 0.29) is 16.7 Å². The van der Waals surface area contributed by atoms with E-state index in [9.17, 15) is 10.1 Å². The summed E-state index contributed by atoms with van der Waals surface area (Å²) >= 11 is 0. The molecule has 1 atom stereocenters. The van der Waals surface area contributed by atoms with Crippen LogP contribution in [0, 0.1) is 10.1 Å². The summed E-state index contributed by atoms with van der Waals surface area (Å²) in [5.74, 6) is 0.594. The van der Waals surface area contributed by atoms with Crippen molar-refractivity contribution in [3.05, 3.63) is 28.3 Å². The normalized spacial score (nSPS) is 19.3. The Hall–Kier alpha value is -1.86. The number of ether oxygens (including phenoxy) is 2. The highest BCUT2D eigenvalue weighted by atomic mass is 16.6. The fourth-order valence-corrected chi connectivity index (χ4v) is 2.12. The van der Waals surface area contributed by atoms with Gasteiger partial charge in [-0.1, -0.05) is 0 Å². The minimum absolute atomic E-state index is 0.0680. The largest absolute Gasteiger partial charge is 0.497 e. The van der Waals surface area contributed by atoms with Crippen molar-refractivity contribution in [2.45, 2.75) is 6.10 Å². The Bertz CT molecular complexity index is 466. The highest BCUT2D eigenvalue weighted by Crippen LogP contribution is 2.33. The smallest absolute Gasteiger partial charge is 0.292 e. The van der Waals surface area contributed by atoms with Gasteiger partial charge in [0.2, 0.25) is 0 Å². The molecule has 1 aromatic rings. The Morgan fingerprint density at radius 3 is 3.05 bits per heavy atom. The first kappa shape index (κ1) is 13.6. The van der Waals surface area contributed by atoms with Crippen LogP contribution in [0.1, 0.15) is 0 Å². The van der Waals surface area contributed by atoms with Gasteiger partial charge in [-0.3, -0.25) is 10.1 Å². The first-order valence-corrected chi connectivity index (χ1v) is 6.04. The second-order valence-electron chi connectivity index (χ2n) is 4.29. The third-order valence-corrected chi connectivity index (χ3v) is 3.12. The van der Waals surface area contributed by atoms with E-state index >= 15 is 0 Å². The van der Waals surface area contributed by atoms with Crippen molar-refractivity contribution >= 4 is 11.4 Å². The van der Waals surface area contributed by atoms with Gasteiger partial charge in [-0.05, 0) is 6.07 Å². The van der Waals surface area contributed by atoms with Crippen LogP contribution in [0.15, 0.2) is 18.2 Å². The lowest BCUT2D eigenvalue weighted by Gasteiger charge is -2.33. The number of nitrogens with two attached hydrogens (primary N) is 1. The zero-order valence-corrected chi connectivity index (χ0v) is 10.7. The number of hydrogen-bond acceptors (Lipinski definition) is 6. The van der Waals surface area contributed by atoms with E-state index < -0.39 is 0 Å². The number of nitro benzene ring substituents is 1. The molecule has 2 N–H and O–H groups in total. The van der Waals surface area contributed by atoms with Crippen molar-refractivity contribution in [3.63, 3.8) is 0 Å². The number of anilines is 1. The molecule has 0 amide bonds. The first-order valence-electron chi connectivity index (χ1n) is 6.04. The molecular weight excluding hydrogens is 250 g/mol. The van der Waals surface area contributed by atoms with Crippen LogP contribution in [0.3, 0.4) is 0 Å². The van der Waals surface area contributed by atoms with E-state index in [2.05, 4.69) is 0 Å². The molecule has 104 valence electrons. The molecule has 0 radical (unpaired) electrons. The van der Waals surface area contributed by atoms with Gasteiger partial charge in [0.1, 0.15) is 11.4 Å². The molecule has 2 rings (SSSR count). The van der Waals surface area contributed by atoms with E-state index in [0.29, 0.717) is 37.7 Å². The highest BCUT2D eigenvalue weighted by molar-refractivity contribution is 5.66. The van der Waals surface area contributed by atoms with Crippen molar-refractivity contribution in [1.29, 1.82) is 0 Å². The number of benzene rings is 1. The first-order chi connectivity index (χ1) is 9.15.